The van der Waals surface area contributed by atoms with Crippen molar-refractivity contribution in [1.82, 2.24) is 4.98 Å². The molecule has 4 heteroatoms. The molecule has 0 amide bonds. The molecule has 2 aromatic rings. The van der Waals surface area contributed by atoms with Crippen LogP contribution in [-0.4, -0.2) is 10.8 Å². The first-order valence-corrected chi connectivity index (χ1v) is 7.20. The fourth-order valence-corrected chi connectivity index (χ4v) is 2.66. The van der Waals surface area contributed by atoms with Gasteiger partial charge in [-0.3, -0.25) is 4.79 Å². The molecule has 0 saturated heterocycles. The SMILES string of the molecule is Cc1nc(CC(=O)CC(C)c2ccc(N)cc2)cs1. The van der Waals surface area contributed by atoms with Gasteiger partial charge >= 0.3 is 0 Å². The molecule has 0 aliphatic rings. The Morgan fingerprint density at radius 1 is 1.37 bits per heavy atom. The Morgan fingerprint density at radius 3 is 2.63 bits per heavy atom. The van der Waals surface area contributed by atoms with E-state index in [2.05, 4.69) is 11.9 Å². The van der Waals surface area contributed by atoms with Crippen molar-refractivity contribution in [3.05, 3.63) is 45.9 Å². The van der Waals surface area contributed by atoms with Crippen molar-refractivity contribution in [3.63, 3.8) is 0 Å². The lowest BCUT2D eigenvalue weighted by molar-refractivity contribution is -0.118. The van der Waals surface area contributed by atoms with E-state index < -0.39 is 0 Å². The average Bonchev–Trinajstić information content (AvgIpc) is 2.75. The van der Waals surface area contributed by atoms with E-state index in [-0.39, 0.29) is 11.7 Å². The van der Waals surface area contributed by atoms with Gasteiger partial charge < -0.3 is 5.73 Å². The molecule has 2 rings (SSSR count). The standard InChI is InChI=1S/C15H18N2OS/c1-10(12-3-5-13(16)6-4-12)7-15(18)8-14-9-19-11(2)17-14/h3-6,9-10H,7-8,16H2,1-2H3. The smallest absolute Gasteiger partial charge is 0.139 e. The third-order valence-corrected chi connectivity index (χ3v) is 3.91. The van der Waals surface area contributed by atoms with Crippen LogP contribution in [0.15, 0.2) is 29.6 Å². The van der Waals surface area contributed by atoms with Crippen LogP contribution in [0.1, 0.15) is 35.5 Å². The van der Waals surface area contributed by atoms with Crippen molar-refractivity contribution in [2.45, 2.75) is 32.6 Å². The number of anilines is 1. The molecule has 2 N–H and O–H groups in total. The van der Waals surface area contributed by atoms with Crippen LogP contribution in [0.4, 0.5) is 5.69 Å². The minimum atomic E-state index is 0.216. The van der Waals surface area contributed by atoms with Gasteiger partial charge in [0, 0.05) is 23.9 Å². The minimum Gasteiger partial charge on any atom is -0.399 e. The van der Waals surface area contributed by atoms with E-state index in [9.17, 15) is 4.79 Å². The largest absolute Gasteiger partial charge is 0.399 e. The molecule has 1 heterocycles. The van der Waals surface area contributed by atoms with Crippen molar-refractivity contribution in [2.75, 3.05) is 5.73 Å². The number of carbonyl (C=O) groups excluding carboxylic acids is 1. The first-order chi connectivity index (χ1) is 9.04. The van der Waals surface area contributed by atoms with Gasteiger partial charge in [-0.2, -0.15) is 0 Å². The van der Waals surface area contributed by atoms with Gasteiger partial charge in [-0.1, -0.05) is 19.1 Å². The highest BCUT2D eigenvalue weighted by Crippen LogP contribution is 2.21. The number of benzene rings is 1. The highest BCUT2D eigenvalue weighted by molar-refractivity contribution is 7.09. The van der Waals surface area contributed by atoms with Gasteiger partial charge in [-0.25, -0.2) is 4.98 Å². The molecule has 100 valence electrons. The maximum absolute atomic E-state index is 12.0. The minimum absolute atomic E-state index is 0.216. The summed E-state index contributed by atoms with van der Waals surface area (Å²) in [6.45, 7) is 4.02. The highest BCUT2D eigenvalue weighted by atomic mass is 32.1. The summed E-state index contributed by atoms with van der Waals surface area (Å²) in [7, 11) is 0. The normalized spacial score (nSPS) is 12.3. The topological polar surface area (TPSA) is 56.0 Å². The average molecular weight is 274 g/mol. The third-order valence-electron chi connectivity index (χ3n) is 3.08. The van der Waals surface area contributed by atoms with Crippen molar-refractivity contribution in [1.29, 1.82) is 0 Å². The predicted molar refractivity (Wildman–Crippen MR) is 79.4 cm³/mol. The number of nitrogens with two attached hydrogens (primary N) is 1. The summed E-state index contributed by atoms with van der Waals surface area (Å²) in [6.07, 6.45) is 0.976. The Morgan fingerprint density at radius 2 is 2.05 bits per heavy atom. The molecule has 0 radical (unpaired) electrons. The number of hydrogen-bond donors (Lipinski definition) is 1. The monoisotopic (exact) mass is 274 g/mol. The summed E-state index contributed by atoms with van der Waals surface area (Å²) in [6, 6.07) is 7.72. The second kappa shape index (κ2) is 5.97. The van der Waals surface area contributed by atoms with Gasteiger partial charge in [0.05, 0.1) is 10.7 Å². The molecule has 0 aliphatic heterocycles. The van der Waals surface area contributed by atoms with E-state index in [0.717, 1.165) is 22.0 Å². The van der Waals surface area contributed by atoms with Crippen molar-refractivity contribution in [2.24, 2.45) is 0 Å². The van der Waals surface area contributed by atoms with E-state index in [1.165, 1.54) is 0 Å². The first kappa shape index (κ1) is 13.7. The molecule has 1 atom stereocenters. The quantitative estimate of drug-likeness (QED) is 0.851. The fraction of sp³-hybridized carbons (Fsp3) is 0.333. The number of aryl methyl sites for hydroxylation is 1. The van der Waals surface area contributed by atoms with Crippen LogP contribution in [0.25, 0.3) is 0 Å². The Hall–Kier alpha value is -1.68. The van der Waals surface area contributed by atoms with Crippen LogP contribution in [0, 0.1) is 6.92 Å². The fourth-order valence-electron chi connectivity index (χ4n) is 2.05. The summed E-state index contributed by atoms with van der Waals surface area (Å²) in [5.74, 6) is 0.447. The number of Topliss-reactive ketones (excluding diaryl/α,β-unsaturated/α-hetero) is 1. The van der Waals surface area contributed by atoms with E-state index >= 15 is 0 Å². The molecule has 0 aliphatic carbocycles. The van der Waals surface area contributed by atoms with Gasteiger partial charge in [0.25, 0.3) is 0 Å². The second-order valence-corrected chi connectivity index (χ2v) is 5.91. The van der Waals surface area contributed by atoms with Gasteiger partial charge in [0.2, 0.25) is 0 Å². The maximum Gasteiger partial charge on any atom is 0.139 e. The second-order valence-electron chi connectivity index (χ2n) is 4.85. The third kappa shape index (κ3) is 3.89. The predicted octanol–water partition coefficient (Wildman–Crippen LogP) is 3.34. The molecule has 1 aromatic heterocycles. The lowest BCUT2D eigenvalue weighted by Crippen LogP contribution is -2.08. The number of thiazole rings is 1. The number of nitrogen functional groups attached to an aromatic ring is 1. The lowest BCUT2D eigenvalue weighted by Gasteiger charge is -2.10. The zero-order valence-corrected chi connectivity index (χ0v) is 12.0. The molecule has 0 bridgehead atoms. The number of aromatic nitrogens is 1. The molecular weight excluding hydrogens is 256 g/mol. The number of hydrogen-bond acceptors (Lipinski definition) is 4. The summed E-state index contributed by atoms with van der Waals surface area (Å²) in [5.41, 5.74) is 8.44. The zero-order valence-electron chi connectivity index (χ0n) is 11.2. The number of carbonyl (C=O) groups is 1. The van der Waals surface area contributed by atoms with Crippen LogP contribution in [0.2, 0.25) is 0 Å². The summed E-state index contributed by atoms with van der Waals surface area (Å²) in [5, 5.41) is 2.97. The summed E-state index contributed by atoms with van der Waals surface area (Å²) in [4.78, 5) is 16.3. The van der Waals surface area contributed by atoms with Gasteiger partial charge in [0.1, 0.15) is 5.78 Å². The lowest BCUT2D eigenvalue weighted by atomic mass is 9.94. The van der Waals surface area contributed by atoms with Crippen molar-refractivity contribution >= 4 is 22.8 Å². The molecule has 1 aromatic carbocycles. The molecule has 1 unspecified atom stereocenters. The first-order valence-electron chi connectivity index (χ1n) is 6.32. The Balaban J connectivity index is 1.93. The van der Waals surface area contributed by atoms with Crippen molar-refractivity contribution < 1.29 is 4.79 Å². The van der Waals surface area contributed by atoms with Gasteiger partial charge in [-0.15, -0.1) is 11.3 Å². The van der Waals surface area contributed by atoms with Crippen molar-refractivity contribution in [3.8, 4) is 0 Å². The van der Waals surface area contributed by atoms with Crippen LogP contribution in [-0.2, 0) is 11.2 Å². The number of nitrogens with zero attached hydrogens (tertiary/aromatic N) is 1. The summed E-state index contributed by atoms with van der Waals surface area (Å²) < 4.78 is 0. The number of ketones is 1. The van der Waals surface area contributed by atoms with Gasteiger partial charge in [0.15, 0.2) is 0 Å². The molecule has 0 saturated carbocycles. The Kier molecular flexibility index (Phi) is 4.32. The van der Waals surface area contributed by atoms with E-state index in [4.69, 9.17) is 5.73 Å². The number of rotatable bonds is 5. The van der Waals surface area contributed by atoms with Gasteiger partial charge in [-0.05, 0) is 30.5 Å². The van der Waals surface area contributed by atoms with Crippen LogP contribution < -0.4 is 5.73 Å². The van der Waals surface area contributed by atoms with E-state index in [1.54, 1.807) is 11.3 Å². The van der Waals surface area contributed by atoms with E-state index in [0.29, 0.717) is 12.8 Å². The molecule has 0 spiro atoms. The van der Waals surface area contributed by atoms with E-state index in [1.807, 2.05) is 36.6 Å². The van der Waals surface area contributed by atoms with Crippen LogP contribution in [0.5, 0.6) is 0 Å². The maximum atomic E-state index is 12.0. The highest BCUT2D eigenvalue weighted by Gasteiger charge is 2.13. The zero-order chi connectivity index (χ0) is 13.8. The molecule has 19 heavy (non-hydrogen) atoms. The van der Waals surface area contributed by atoms with Crippen LogP contribution in [0.3, 0.4) is 0 Å². The molecular formula is C15H18N2OS. The summed E-state index contributed by atoms with van der Waals surface area (Å²) >= 11 is 1.59. The Bertz CT molecular complexity index is 560. The Labute approximate surface area is 117 Å². The molecule has 3 nitrogen and oxygen atoms in total. The van der Waals surface area contributed by atoms with Crippen LogP contribution >= 0.6 is 11.3 Å². The molecule has 0 fully saturated rings.